The first-order valence-corrected chi connectivity index (χ1v) is 7.86. The Balaban J connectivity index is 1.78. The number of ether oxygens (including phenoxy) is 1. The van der Waals surface area contributed by atoms with E-state index >= 15 is 0 Å². The van der Waals surface area contributed by atoms with Gasteiger partial charge in [-0.3, -0.25) is 0 Å². The van der Waals surface area contributed by atoms with Crippen LogP contribution in [0, 0.1) is 0 Å². The Labute approximate surface area is 130 Å². The number of aromatic nitrogens is 1. The lowest BCUT2D eigenvalue weighted by Crippen LogP contribution is -2.40. The predicted octanol–water partition coefficient (Wildman–Crippen LogP) is 3.99. The second-order valence-corrected chi connectivity index (χ2v) is 7.33. The van der Waals surface area contributed by atoms with Crippen LogP contribution in [-0.4, -0.2) is 33.7 Å². The van der Waals surface area contributed by atoms with E-state index in [2.05, 4.69) is 4.98 Å². The number of halogens is 1. The Hall–Kier alpha value is -1.29. The molecule has 2 aliphatic rings. The average Bonchev–Trinajstić information content (AvgIpc) is 2.95. The van der Waals surface area contributed by atoms with E-state index in [-0.39, 0.29) is 12.1 Å². The Morgan fingerprint density at radius 1 is 1.38 bits per heavy atom. The molecule has 4 nitrogen and oxygen atoms in total. The lowest BCUT2D eigenvalue weighted by Gasteiger charge is -2.28. The van der Waals surface area contributed by atoms with Crippen molar-refractivity contribution in [2.75, 3.05) is 0 Å². The number of carbonyl (C=O) groups excluding carboxylic acids is 1. The van der Waals surface area contributed by atoms with Gasteiger partial charge in [-0.25, -0.2) is 9.78 Å². The first-order valence-electron chi connectivity index (χ1n) is 7.48. The van der Waals surface area contributed by atoms with Gasteiger partial charge in [0.15, 0.2) is 0 Å². The molecule has 0 unspecified atom stereocenters. The van der Waals surface area contributed by atoms with Gasteiger partial charge >= 0.3 is 6.09 Å². The van der Waals surface area contributed by atoms with Gasteiger partial charge in [-0.15, -0.1) is 0 Å². The summed E-state index contributed by atoms with van der Waals surface area (Å²) in [5.41, 5.74) is 0.719. The van der Waals surface area contributed by atoms with Crippen LogP contribution in [0.25, 0.3) is 0 Å². The van der Waals surface area contributed by atoms with Crippen LogP contribution in [0.5, 0.6) is 0 Å². The number of hydrogen-bond donors (Lipinski definition) is 0. The van der Waals surface area contributed by atoms with Gasteiger partial charge in [0.2, 0.25) is 0 Å². The molecule has 3 heterocycles. The number of rotatable bonds is 1. The number of nitrogens with zero attached hydrogens (tertiary/aromatic N) is 2. The Morgan fingerprint density at radius 3 is 2.76 bits per heavy atom. The fraction of sp³-hybridized carbons (Fsp3) is 0.625. The highest BCUT2D eigenvalue weighted by Crippen LogP contribution is 2.47. The van der Waals surface area contributed by atoms with Crippen LogP contribution in [-0.2, 0) is 4.74 Å². The lowest BCUT2D eigenvalue weighted by molar-refractivity contribution is 0.0213. The maximum atomic E-state index is 12.4. The summed E-state index contributed by atoms with van der Waals surface area (Å²) in [5.74, 6) is 0.348. The van der Waals surface area contributed by atoms with Crippen molar-refractivity contribution < 1.29 is 9.53 Å². The maximum absolute atomic E-state index is 12.4. The molecule has 0 saturated carbocycles. The van der Waals surface area contributed by atoms with E-state index in [1.165, 1.54) is 5.56 Å². The number of carbonyl (C=O) groups is 1. The van der Waals surface area contributed by atoms with Crippen LogP contribution in [0.3, 0.4) is 0 Å². The number of hydrogen-bond acceptors (Lipinski definition) is 3. The SMILES string of the molecule is CC(C)(C)OC(=O)N1[C@H]2CC[C@@H]1[C@H](c1ccc(Cl)nc1)C2. The van der Waals surface area contributed by atoms with E-state index in [0.29, 0.717) is 17.1 Å². The molecular formula is C16H21ClN2O2. The first-order chi connectivity index (χ1) is 9.85. The van der Waals surface area contributed by atoms with Crippen molar-refractivity contribution in [3.63, 3.8) is 0 Å². The van der Waals surface area contributed by atoms with Crippen molar-refractivity contribution in [3.05, 3.63) is 29.0 Å². The zero-order valence-corrected chi connectivity index (χ0v) is 13.4. The molecule has 1 aromatic rings. The minimum atomic E-state index is -0.448. The van der Waals surface area contributed by atoms with E-state index < -0.39 is 5.60 Å². The highest BCUT2D eigenvalue weighted by atomic mass is 35.5. The van der Waals surface area contributed by atoms with Crippen LogP contribution < -0.4 is 0 Å². The van der Waals surface area contributed by atoms with Crippen molar-refractivity contribution in [2.24, 2.45) is 0 Å². The molecule has 0 spiro atoms. The molecule has 114 valence electrons. The summed E-state index contributed by atoms with van der Waals surface area (Å²) >= 11 is 5.85. The van der Waals surface area contributed by atoms with Crippen LogP contribution >= 0.6 is 11.6 Å². The van der Waals surface area contributed by atoms with Gasteiger partial charge in [-0.1, -0.05) is 17.7 Å². The Bertz CT molecular complexity index is 538. The molecular weight excluding hydrogens is 288 g/mol. The van der Waals surface area contributed by atoms with Crippen LogP contribution in [0.1, 0.15) is 51.5 Å². The van der Waals surface area contributed by atoms with Gasteiger partial charge in [0.05, 0.1) is 0 Å². The molecule has 1 aromatic heterocycles. The predicted molar refractivity (Wildman–Crippen MR) is 81.5 cm³/mol. The van der Waals surface area contributed by atoms with Gasteiger partial charge in [0.25, 0.3) is 0 Å². The van der Waals surface area contributed by atoms with Crippen molar-refractivity contribution in [1.82, 2.24) is 9.88 Å². The minimum absolute atomic E-state index is 0.181. The van der Waals surface area contributed by atoms with E-state index in [4.69, 9.17) is 16.3 Å². The van der Waals surface area contributed by atoms with Crippen LogP contribution in [0.4, 0.5) is 4.79 Å². The van der Waals surface area contributed by atoms with Gasteiger partial charge in [0.1, 0.15) is 10.8 Å². The van der Waals surface area contributed by atoms with Gasteiger partial charge in [0, 0.05) is 24.2 Å². The van der Waals surface area contributed by atoms with E-state index in [1.54, 1.807) is 0 Å². The van der Waals surface area contributed by atoms with Crippen LogP contribution in [0.15, 0.2) is 18.3 Å². The first kappa shape index (κ1) is 14.6. The van der Waals surface area contributed by atoms with Crippen molar-refractivity contribution in [1.29, 1.82) is 0 Å². The van der Waals surface area contributed by atoms with E-state index in [0.717, 1.165) is 19.3 Å². The Kier molecular flexibility index (Phi) is 3.60. The summed E-state index contributed by atoms with van der Waals surface area (Å²) < 4.78 is 5.56. The third kappa shape index (κ3) is 2.86. The summed E-state index contributed by atoms with van der Waals surface area (Å²) in [5, 5.41) is 0.505. The standard InChI is InChI=1S/C16H21ClN2O2/c1-16(2,3)21-15(20)19-11-5-6-13(19)12(8-11)10-4-7-14(17)18-9-10/h4,7,9,11-13H,5-6,8H2,1-3H3/t11-,12-,13+/m0/s1. The number of pyridine rings is 1. The van der Waals surface area contributed by atoms with Crippen molar-refractivity contribution in [2.45, 2.75) is 63.6 Å². The zero-order chi connectivity index (χ0) is 15.2. The van der Waals surface area contributed by atoms with Gasteiger partial charge in [-0.05, 0) is 51.7 Å². The normalized spacial score (nSPS) is 28.0. The monoisotopic (exact) mass is 308 g/mol. The average molecular weight is 309 g/mol. The van der Waals surface area contributed by atoms with E-state index in [9.17, 15) is 4.79 Å². The summed E-state index contributed by atoms with van der Waals surface area (Å²) in [7, 11) is 0. The largest absolute Gasteiger partial charge is 0.444 e. The van der Waals surface area contributed by atoms with Crippen molar-refractivity contribution in [3.8, 4) is 0 Å². The molecule has 1 amide bonds. The molecule has 0 aliphatic carbocycles. The Morgan fingerprint density at radius 2 is 2.14 bits per heavy atom. The fourth-order valence-electron chi connectivity index (χ4n) is 3.55. The highest BCUT2D eigenvalue weighted by Gasteiger charge is 2.50. The second kappa shape index (κ2) is 5.16. The summed E-state index contributed by atoms with van der Waals surface area (Å²) in [4.78, 5) is 18.5. The molecule has 0 aromatic carbocycles. The lowest BCUT2D eigenvalue weighted by atomic mass is 9.85. The fourth-order valence-corrected chi connectivity index (χ4v) is 3.66. The highest BCUT2D eigenvalue weighted by molar-refractivity contribution is 6.29. The second-order valence-electron chi connectivity index (χ2n) is 6.94. The summed E-state index contributed by atoms with van der Waals surface area (Å²) in [6.45, 7) is 5.72. The number of amides is 1. The maximum Gasteiger partial charge on any atom is 0.410 e. The van der Waals surface area contributed by atoms with Gasteiger partial charge in [-0.2, -0.15) is 0 Å². The number of fused-ring (bicyclic) bond motifs is 2. The molecule has 0 N–H and O–H groups in total. The van der Waals surface area contributed by atoms with Crippen LogP contribution in [0.2, 0.25) is 5.15 Å². The summed E-state index contributed by atoms with van der Waals surface area (Å²) in [6, 6.07) is 4.37. The smallest absolute Gasteiger partial charge is 0.410 e. The molecule has 2 saturated heterocycles. The third-order valence-corrected chi connectivity index (χ3v) is 4.54. The third-order valence-electron chi connectivity index (χ3n) is 4.32. The zero-order valence-electron chi connectivity index (χ0n) is 12.7. The topological polar surface area (TPSA) is 42.4 Å². The molecule has 3 atom stereocenters. The van der Waals surface area contributed by atoms with Gasteiger partial charge < -0.3 is 9.64 Å². The molecule has 2 bridgehead atoms. The molecule has 0 radical (unpaired) electrons. The molecule has 5 heteroatoms. The molecule has 21 heavy (non-hydrogen) atoms. The molecule has 2 fully saturated rings. The molecule has 3 rings (SSSR count). The minimum Gasteiger partial charge on any atom is -0.444 e. The van der Waals surface area contributed by atoms with Crippen molar-refractivity contribution >= 4 is 17.7 Å². The molecule has 2 aliphatic heterocycles. The van der Waals surface area contributed by atoms with E-state index in [1.807, 2.05) is 44.0 Å². The summed E-state index contributed by atoms with van der Waals surface area (Å²) in [6.07, 6.45) is 4.76. The quantitative estimate of drug-likeness (QED) is 0.737.